The lowest BCUT2D eigenvalue weighted by atomic mass is 10.1. The van der Waals surface area contributed by atoms with Crippen LogP contribution in [0.3, 0.4) is 0 Å². The molecule has 0 aliphatic carbocycles. The Kier molecular flexibility index (Phi) is 5.94. The lowest BCUT2D eigenvalue weighted by molar-refractivity contribution is -0.121. The van der Waals surface area contributed by atoms with Crippen molar-refractivity contribution in [2.75, 3.05) is 5.32 Å². The van der Waals surface area contributed by atoms with E-state index in [-0.39, 0.29) is 17.6 Å². The van der Waals surface area contributed by atoms with E-state index in [0.717, 1.165) is 23.9 Å². The molecule has 4 rings (SSSR count). The van der Waals surface area contributed by atoms with Crippen molar-refractivity contribution in [1.29, 1.82) is 0 Å². The molecule has 0 bridgehead atoms. The summed E-state index contributed by atoms with van der Waals surface area (Å²) in [6.45, 7) is 0.413. The molecule has 6 heteroatoms. The quantitative estimate of drug-likeness (QED) is 0.402. The number of para-hydroxylation sites is 1. The van der Waals surface area contributed by atoms with Crippen molar-refractivity contribution < 1.29 is 14.0 Å². The van der Waals surface area contributed by atoms with Crippen LogP contribution in [-0.2, 0) is 17.8 Å². The van der Waals surface area contributed by atoms with Gasteiger partial charge in [0.15, 0.2) is 5.76 Å². The molecule has 0 saturated heterocycles. The van der Waals surface area contributed by atoms with E-state index in [9.17, 15) is 9.59 Å². The van der Waals surface area contributed by atoms with Crippen LogP contribution < -0.4 is 10.6 Å². The number of carbonyl (C=O) groups excluding carboxylic acids is 2. The highest BCUT2D eigenvalue weighted by Crippen LogP contribution is 2.19. The third kappa shape index (κ3) is 4.78. The van der Waals surface area contributed by atoms with E-state index in [0.29, 0.717) is 18.7 Å². The second-order valence-electron chi connectivity index (χ2n) is 7.12. The summed E-state index contributed by atoms with van der Waals surface area (Å²) in [6.07, 6.45) is 5.58. The van der Waals surface area contributed by atoms with Crippen LogP contribution in [0.5, 0.6) is 0 Å². The molecule has 3 N–H and O–H groups in total. The Bertz CT molecular complexity index is 1150. The molecular formula is C24H23N3O3. The SMILES string of the molecule is O=C(CCCc1c[nH]c2ccccc12)NCc1cccc(NC(=O)c2ccco2)c1. The lowest BCUT2D eigenvalue weighted by Gasteiger charge is -2.08. The number of aryl methyl sites for hydroxylation is 1. The Labute approximate surface area is 174 Å². The van der Waals surface area contributed by atoms with Gasteiger partial charge in [-0.1, -0.05) is 30.3 Å². The third-order valence-electron chi connectivity index (χ3n) is 4.94. The molecule has 0 saturated carbocycles. The Morgan fingerprint density at radius 2 is 1.90 bits per heavy atom. The van der Waals surface area contributed by atoms with Crippen molar-refractivity contribution in [3.63, 3.8) is 0 Å². The highest BCUT2D eigenvalue weighted by molar-refractivity contribution is 6.02. The van der Waals surface area contributed by atoms with Gasteiger partial charge in [-0.3, -0.25) is 9.59 Å². The standard InChI is InChI=1S/C24H23N3O3/c28-23(12-4-7-18-16-25-21-10-2-1-9-20(18)21)26-15-17-6-3-8-19(14-17)27-24(29)22-11-5-13-30-22/h1-3,5-6,8-11,13-14,16,25H,4,7,12,15H2,(H,26,28)(H,27,29). The number of aromatic amines is 1. The van der Waals surface area contributed by atoms with Gasteiger partial charge in [-0.05, 0) is 54.3 Å². The summed E-state index contributed by atoms with van der Waals surface area (Å²) in [4.78, 5) is 27.6. The number of H-pyrrole nitrogens is 1. The molecular weight excluding hydrogens is 378 g/mol. The second-order valence-corrected chi connectivity index (χ2v) is 7.12. The molecule has 0 aliphatic rings. The second kappa shape index (κ2) is 9.13. The number of fused-ring (bicyclic) bond motifs is 1. The molecule has 6 nitrogen and oxygen atoms in total. The van der Waals surface area contributed by atoms with Gasteiger partial charge in [0.1, 0.15) is 0 Å². The maximum atomic E-state index is 12.2. The van der Waals surface area contributed by atoms with Gasteiger partial charge in [-0.25, -0.2) is 0 Å². The molecule has 0 unspecified atom stereocenters. The van der Waals surface area contributed by atoms with Crippen molar-refractivity contribution in [2.24, 2.45) is 0 Å². The Hall–Kier alpha value is -3.80. The zero-order valence-electron chi connectivity index (χ0n) is 16.5. The summed E-state index contributed by atoms with van der Waals surface area (Å²) >= 11 is 0. The largest absolute Gasteiger partial charge is 0.459 e. The van der Waals surface area contributed by atoms with E-state index in [2.05, 4.69) is 27.8 Å². The summed E-state index contributed by atoms with van der Waals surface area (Å²) in [7, 11) is 0. The predicted octanol–water partition coefficient (Wildman–Crippen LogP) is 4.65. The minimum absolute atomic E-state index is 0.0138. The van der Waals surface area contributed by atoms with Crippen LogP contribution in [0.15, 0.2) is 77.5 Å². The van der Waals surface area contributed by atoms with Crippen molar-refractivity contribution in [3.8, 4) is 0 Å². The first-order valence-corrected chi connectivity index (χ1v) is 9.94. The van der Waals surface area contributed by atoms with Crippen LogP contribution in [0.1, 0.15) is 34.5 Å². The monoisotopic (exact) mass is 401 g/mol. The zero-order chi connectivity index (χ0) is 20.8. The summed E-state index contributed by atoms with van der Waals surface area (Å²) in [5.41, 5.74) is 3.93. The highest BCUT2D eigenvalue weighted by Gasteiger charge is 2.09. The molecule has 0 fully saturated rings. The minimum Gasteiger partial charge on any atom is -0.459 e. The molecule has 0 atom stereocenters. The maximum absolute atomic E-state index is 12.2. The van der Waals surface area contributed by atoms with Crippen LogP contribution in [0.2, 0.25) is 0 Å². The normalized spacial score (nSPS) is 10.8. The fourth-order valence-electron chi connectivity index (χ4n) is 3.43. The van der Waals surface area contributed by atoms with Crippen LogP contribution in [0.4, 0.5) is 5.69 Å². The van der Waals surface area contributed by atoms with Gasteiger partial charge < -0.3 is 20.0 Å². The van der Waals surface area contributed by atoms with Gasteiger partial charge in [0, 0.05) is 35.8 Å². The summed E-state index contributed by atoms with van der Waals surface area (Å²) in [6, 6.07) is 18.8. The summed E-state index contributed by atoms with van der Waals surface area (Å²) in [5.74, 6) is -0.0396. The average Bonchev–Trinajstić information content (AvgIpc) is 3.43. The van der Waals surface area contributed by atoms with Gasteiger partial charge in [-0.2, -0.15) is 0 Å². The topological polar surface area (TPSA) is 87.1 Å². The molecule has 0 spiro atoms. The number of anilines is 1. The maximum Gasteiger partial charge on any atom is 0.291 e. The fraction of sp³-hybridized carbons (Fsp3) is 0.167. The first-order chi connectivity index (χ1) is 14.7. The number of nitrogens with one attached hydrogen (secondary N) is 3. The van der Waals surface area contributed by atoms with Gasteiger partial charge in [-0.15, -0.1) is 0 Å². The molecule has 2 heterocycles. The first-order valence-electron chi connectivity index (χ1n) is 9.94. The molecule has 152 valence electrons. The molecule has 4 aromatic rings. The molecule has 2 aromatic carbocycles. The van der Waals surface area contributed by atoms with Crippen molar-refractivity contribution in [3.05, 3.63) is 90.0 Å². The van der Waals surface area contributed by atoms with Crippen LogP contribution in [-0.4, -0.2) is 16.8 Å². The van der Waals surface area contributed by atoms with E-state index in [1.165, 1.54) is 17.2 Å². The highest BCUT2D eigenvalue weighted by atomic mass is 16.3. The number of furan rings is 1. The molecule has 30 heavy (non-hydrogen) atoms. The number of hydrogen-bond acceptors (Lipinski definition) is 3. The number of amides is 2. The Morgan fingerprint density at radius 1 is 1.00 bits per heavy atom. The van der Waals surface area contributed by atoms with Crippen molar-refractivity contribution in [2.45, 2.75) is 25.8 Å². The zero-order valence-corrected chi connectivity index (χ0v) is 16.5. The van der Waals surface area contributed by atoms with E-state index in [4.69, 9.17) is 4.42 Å². The molecule has 0 aliphatic heterocycles. The number of carbonyl (C=O) groups is 2. The van der Waals surface area contributed by atoms with Gasteiger partial charge in [0.2, 0.25) is 5.91 Å². The van der Waals surface area contributed by atoms with E-state index in [1.54, 1.807) is 18.2 Å². The number of rotatable bonds is 8. The van der Waals surface area contributed by atoms with Crippen LogP contribution in [0.25, 0.3) is 10.9 Å². The average molecular weight is 401 g/mol. The van der Waals surface area contributed by atoms with Gasteiger partial charge in [0.25, 0.3) is 5.91 Å². The van der Waals surface area contributed by atoms with Crippen LogP contribution >= 0.6 is 0 Å². The molecule has 2 amide bonds. The van der Waals surface area contributed by atoms with Crippen molar-refractivity contribution in [1.82, 2.24) is 10.3 Å². The molecule has 0 radical (unpaired) electrons. The molecule has 2 aromatic heterocycles. The van der Waals surface area contributed by atoms with Crippen LogP contribution in [0, 0.1) is 0 Å². The van der Waals surface area contributed by atoms with Gasteiger partial charge >= 0.3 is 0 Å². The van der Waals surface area contributed by atoms with Gasteiger partial charge in [0.05, 0.1) is 6.26 Å². The summed E-state index contributed by atoms with van der Waals surface area (Å²) < 4.78 is 5.09. The number of hydrogen-bond donors (Lipinski definition) is 3. The van der Waals surface area contributed by atoms with E-state index < -0.39 is 0 Å². The number of aromatic nitrogens is 1. The predicted molar refractivity (Wildman–Crippen MR) is 116 cm³/mol. The smallest absolute Gasteiger partial charge is 0.291 e. The third-order valence-corrected chi connectivity index (χ3v) is 4.94. The summed E-state index contributed by atoms with van der Waals surface area (Å²) in [5, 5.41) is 6.95. The number of benzene rings is 2. The van der Waals surface area contributed by atoms with E-state index >= 15 is 0 Å². The Morgan fingerprint density at radius 3 is 2.77 bits per heavy atom. The lowest BCUT2D eigenvalue weighted by Crippen LogP contribution is -2.22. The fourth-order valence-corrected chi connectivity index (χ4v) is 3.43. The first kappa shape index (κ1) is 19.5. The Balaban J connectivity index is 1.24. The van der Waals surface area contributed by atoms with E-state index in [1.807, 2.05) is 36.5 Å². The minimum atomic E-state index is -0.307. The van der Waals surface area contributed by atoms with Crippen molar-refractivity contribution >= 4 is 28.4 Å².